The van der Waals surface area contributed by atoms with Gasteiger partial charge in [0.1, 0.15) is 6.04 Å². The zero-order valence-electron chi connectivity index (χ0n) is 8.73. The Morgan fingerprint density at radius 3 is 2.69 bits per heavy atom. The minimum absolute atomic E-state index is 0.0624. The fourth-order valence-electron chi connectivity index (χ4n) is 2.24. The predicted molar refractivity (Wildman–Crippen MR) is 51.6 cm³/mol. The van der Waals surface area contributed by atoms with E-state index >= 15 is 0 Å². The molecule has 0 aromatic heterocycles. The van der Waals surface area contributed by atoms with Gasteiger partial charge in [0.05, 0.1) is 7.11 Å². The highest BCUT2D eigenvalue weighted by Crippen LogP contribution is 2.38. The quantitative estimate of drug-likeness (QED) is 0.658. The lowest BCUT2D eigenvalue weighted by molar-refractivity contribution is -0.145. The van der Waals surface area contributed by atoms with E-state index < -0.39 is 18.1 Å². The van der Waals surface area contributed by atoms with Gasteiger partial charge < -0.3 is 9.84 Å². The van der Waals surface area contributed by atoms with Crippen LogP contribution in [0, 0.1) is 0 Å². The van der Waals surface area contributed by atoms with E-state index in [0.717, 1.165) is 4.90 Å². The lowest BCUT2D eigenvalue weighted by atomic mass is 10.1. The van der Waals surface area contributed by atoms with Crippen LogP contribution in [0.3, 0.4) is 0 Å². The Kier molecular flexibility index (Phi) is 2.41. The van der Waals surface area contributed by atoms with Gasteiger partial charge in [-0.2, -0.15) is 0 Å². The van der Waals surface area contributed by atoms with Crippen molar-refractivity contribution in [3.8, 4) is 0 Å². The van der Waals surface area contributed by atoms with Gasteiger partial charge in [-0.3, -0.25) is 9.69 Å². The number of carboxylic acid groups (broad SMARTS) is 1. The molecule has 0 aromatic carbocycles. The largest absolute Gasteiger partial charge is 0.467 e. The number of likely N-dealkylation sites (tertiary alicyclic amines) is 1. The molecule has 0 spiro atoms. The van der Waals surface area contributed by atoms with E-state index in [9.17, 15) is 14.4 Å². The molecule has 1 N–H and O–H groups in total. The van der Waals surface area contributed by atoms with Gasteiger partial charge in [0.2, 0.25) is 0 Å². The number of esters is 1. The van der Waals surface area contributed by atoms with Gasteiger partial charge in [-0.15, -0.1) is 0 Å². The van der Waals surface area contributed by atoms with E-state index in [1.54, 1.807) is 0 Å². The molecule has 2 rings (SSSR count). The molecule has 0 saturated carbocycles. The van der Waals surface area contributed by atoms with Gasteiger partial charge >= 0.3 is 12.1 Å². The third-order valence-electron chi connectivity index (χ3n) is 2.95. The molecular weight excluding hydrogens is 214 g/mol. The van der Waals surface area contributed by atoms with Gasteiger partial charge in [0.25, 0.3) is 0 Å². The first kappa shape index (κ1) is 10.7. The summed E-state index contributed by atoms with van der Waals surface area (Å²) in [5.41, 5.74) is 0.936. The molecule has 0 aromatic rings. The molecule has 1 amide bonds. The summed E-state index contributed by atoms with van der Waals surface area (Å²) >= 11 is 0. The van der Waals surface area contributed by atoms with Crippen LogP contribution in [0.25, 0.3) is 0 Å². The van der Waals surface area contributed by atoms with Crippen molar-refractivity contribution in [3.63, 3.8) is 0 Å². The molecule has 2 aliphatic rings. The van der Waals surface area contributed by atoms with E-state index in [1.807, 2.05) is 0 Å². The summed E-state index contributed by atoms with van der Waals surface area (Å²) in [4.78, 5) is 34.9. The minimum Gasteiger partial charge on any atom is -0.467 e. The predicted octanol–water partition coefficient (Wildman–Crippen LogP) is 0.529. The van der Waals surface area contributed by atoms with E-state index in [1.165, 1.54) is 7.11 Å². The summed E-state index contributed by atoms with van der Waals surface area (Å²) in [6.07, 6.45) is -0.334. The van der Waals surface area contributed by atoms with Gasteiger partial charge in [-0.05, 0) is 6.42 Å². The van der Waals surface area contributed by atoms with Crippen molar-refractivity contribution in [3.05, 3.63) is 11.3 Å². The van der Waals surface area contributed by atoms with Gasteiger partial charge in [0, 0.05) is 24.1 Å². The average Bonchev–Trinajstić information content (AvgIpc) is 2.77. The molecule has 0 bridgehead atoms. The Morgan fingerprint density at radius 1 is 1.44 bits per heavy atom. The third-order valence-corrected chi connectivity index (χ3v) is 2.95. The number of rotatable bonds is 1. The highest BCUT2D eigenvalue weighted by molar-refractivity contribution is 6.02. The molecule has 6 heteroatoms. The number of Topliss-reactive ketones (excluding diaryl/α,β-unsaturated/α-hetero) is 1. The first-order chi connectivity index (χ1) is 7.56. The second kappa shape index (κ2) is 3.62. The number of ether oxygens (including phenoxy) is 1. The number of allylic oxidation sites excluding steroid dienone is 1. The molecule has 86 valence electrons. The van der Waals surface area contributed by atoms with Crippen molar-refractivity contribution >= 4 is 17.8 Å². The van der Waals surface area contributed by atoms with Crippen LogP contribution in [0.1, 0.15) is 19.3 Å². The molecule has 0 fully saturated rings. The van der Waals surface area contributed by atoms with Crippen LogP contribution in [0.4, 0.5) is 4.79 Å². The highest BCUT2D eigenvalue weighted by Gasteiger charge is 2.45. The Hall–Kier alpha value is -1.85. The van der Waals surface area contributed by atoms with E-state index in [0.29, 0.717) is 24.1 Å². The second-order valence-electron chi connectivity index (χ2n) is 3.74. The average molecular weight is 225 g/mol. The fraction of sp³-hybridized carbons (Fsp3) is 0.500. The second-order valence-corrected chi connectivity index (χ2v) is 3.74. The van der Waals surface area contributed by atoms with Crippen LogP contribution < -0.4 is 0 Å². The maximum Gasteiger partial charge on any atom is 0.412 e. The number of hydrogen-bond donors (Lipinski definition) is 1. The summed E-state index contributed by atoms with van der Waals surface area (Å²) in [6, 6.07) is -0.892. The zero-order valence-corrected chi connectivity index (χ0v) is 8.73. The topological polar surface area (TPSA) is 83.9 Å². The van der Waals surface area contributed by atoms with Crippen LogP contribution in [0.5, 0.6) is 0 Å². The zero-order chi connectivity index (χ0) is 11.9. The van der Waals surface area contributed by atoms with Gasteiger partial charge in [0.15, 0.2) is 5.78 Å². The Balaban J connectivity index is 2.32. The van der Waals surface area contributed by atoms with Crippen molar-refractivity contribution in [1.29, 1.82) is 0 Å². The molecule has 1 unspecified atom stereocenters. The van der Waals surface area contributed by atoms with Crippen molar-refractivity contribution in [2.24, 2.45) is 0 Å². The normalized spacial score (nSPS) is 23.7. The lowest BCUT2D eigenvalue weighted by Gasteiger charge is -2.22. The van der Waals surface area contributed by atoms with Crippen LogP contribution in [-0.4, -0.2) is 41.0 Å². The molecule has 1 heterocycles. The summed E-state index contributed by atoms with van der Waals surface area (Å²) in [5.74, 6) is -0.683. The van der Waals surface area contributed by atoms with Crippen LogP contribution in [0.2, 0.25) is 0 Å². The van der Waals surface area contributed by atoms with E-state index in [4.69, 9.17) is 5.11 Å². The first-order valence-electron chi connectivity index (χ1n) is 4.91. The molecule has 0 saturated heterocycles. The van der Waals surface area contributed by atoms with E-state index in [2.05, 4.69) is 4.74 Å². The van der Waals surface area contributed by atoms with Crippen molar-refractivity contribution in [2.75, 3.05) is 7.11 Å². The Bertz CT molecular complexity index is 411. The smallest absolute Gasteiger partial charge is 0.412 e. The SMILES string of the molecule is COC(=O)C1CC2=C(CCC2=O)N1C(=O)O. The molecular formula is C10H11NO5. The summed E-state index contributed by atoms with van der Waals surface area (Å²) in [7, 11) is 1.20. The van der Waals surface area contributed by atoms with Crippen LogP contribution >= 0.6 is 0 Å². The molecule has 0 radical (unpaired) electrons. The number of ketones is 1. The summed E-state index contributed by atoms with van der Waals surface area (Å²) in [5, 5.41) is 9.03. The number of nitrogens with zero attached hydrogens (tertiary/aromatic N) is 1. The van der Waals surface area contributed by atoms with Gasteiger partial charge in [-0.25, -0.2) is 9.59 Å². The first-order valence-corrected chi connectivity index (χ1v) is 4.91. The highest BCUT2D eigenvalue weighted by atomic mass is 16.5. The van der Waals surface area contributed by atoms with Gasteiger partial charge in [-0.1, -0.05) is 0 Å². The molecule has 1 aliphatic heterocycles. The maximum absolute atomic E-state index is 11.5. The molecule has 1 atom stereocenters. The standard InChI is InChI=1S/C10H11NO5/c1-16-9(13)7-4-5-6(2-3-8(5)12)11(7)10(14)15/h7H,2-4H2,1H3,(H,14,15). The van der Waals surface area contributed by atoms with Crippen molar-refractivity contribution in [2.45, 2.75) is 25.3 Å². The monoisotopic (exact) mass is 225 g/mol. The Morgan fingerprint density at radius 2 is 2.12 bits per heavy atom. The van der Waals surface area contributed by atoms with Crippen LogP contribution in [-0.2, 0) is 14.3 Å². The van der Waals surface area contributed by atoms with Crippen molar-refractivity contribution in [1.82, 2.24) is 4.90 Å². The van der Waals surface area contributed by atoms with Crippen LogP contribution in [0.15, 0.2) is 11.3 Å². The fourth-order valence-corrected chi connectivity index (χ4v) is 2.24. The number of carbonyl (C=O) groups is 3. The van der Waals surface area contributed by atoms with Crippen molar-refractivity contribution < 1.29 is 24.2 Å². The summed E-state index contributed by atoms with van der Waals surface area (Å²) in [6.45, 7) is 0. The summed E-state index contributed by atoms with van der Waals surface area (Å²) < 4.78 is 4.53. The Labute approximate surface area is 91.5 Å². The maximum atomic E-state index is 11.5. The number of methoxy groups -OCH3 is 1. The molecule has 1 aliphatic carbocycles. The third kappa shape index (κ3) is 1.37. The number of amides is 1. The molecule has 16 heavy (non-hydrogen) atoms. The number of carbonyl (C=O) groups excluding carboxylic acids is 2. The minimum atomic E-state index is -1.21. The lowest BCUT2D eigenvalue weighted by Crippen LogP contribution is -2.40. The molecule has 6 nitrogen and oxygen atoms in total. The number of hydrogen-bond acceptors (Lipinski definition) is 4. The van der Waals surface area contributed by atoms with E-state index in [-0.39, 0.29) is 12.2 Å².